The summed E-state index contributed by atoms with van der Waals surface area (Å²) < 4.78 is 0. The highest BCUT2D eigenvalue weighted by Gasteiger charge is 2.10. The molecule has 0 radical (unpaired) electrons. The molecule has 0 aliphatic carbocycles. The largest absolute Gasteiger partial charge is 0.387 e. The molecule has 0 saturated heterocycles. The average molecular weight is 245 g/mol. The van der Waals surface area contributed by atoms with Gasteiger partial charge in [-0.05, 0) is 24.6 Å². The number of nitrogens with zero attached hydrogens (tertiary/aromatic N) is 2. The molecule has 6 heteroatoms. The summed E-state index contributed by atoms with van der Waals surface area (Å²) in [6.07, 6.45) is 1.41. The van der Waals surface area contributed by atoms with E-state index in [0.29, 0.717) is 17.9 Å². The Labute approximate surface area is 105 Å². The summed E-state index contributed by atoms with van der Waals surface area (Å²) >= 11 is 0. The zero-order valence-corrected chi connectivity index (χ0v) is 10.3. The van der Waals surface area contributed by atoms with Gasteiger partial charge in [-0.1, -0.05) is 6.07 Å². The van der Waals surface area contributed by atoms with Crippen LogP contribution in [0.2, 0.25) is 0 Å². The molecule has 0 unspecified atom stereocenters. The van der Waals surface area contributed by atoms with Gasteiger partial charge in [0.15, 0.2) is 0 Å². The summed E-state index contributed by atoms with van der Waals surface area (Å²) in [5, 5.41) is 12.2. The van der Waals surface area contributed by atoms with Crippen molar-refractivity contribution in [1.82, 2.24) is 20.5 Å². The van der Waals surface area contributed by atoms with Crippen LogP contribution in [-0.4, -0.2) is 28.1 Å². The number of nitrogens with one attached hydrogen (secondary N) is 3. The molecule has 0 fully saturated rings. The van der Waals surface area contributed by atoms with E-state index in [1.165, 1.54) is 6.33 Å². The van der Waals surface area contributed by atoms with Crippen LogP contribution < -0.4 is 10.6 Å². The number of amides is 1. The fraction of sp³-hybridized carbons (Fsp3) is 0.250. The first kappa shape index (κ1) is 12.1. The molecule has 1 aromatic heterocycles. The average Bonchev–Trinajstić information content (AvgIpc) is 2.88. The maximum atomic E-state index is 12.0. The highest BCUT2D eigenvalue weighted by Crippen LogP contribution is 2.16. The summed E-state index contributed by atoms with van der Waals surface area (Å²) in [5.74, 6) is 0.484. The van der Waals surface area contributed by atoms with Gasteiger partial charge in [0, 0.05) is 12.7 Å². The first-order valence-corrected chi connectivity index (χ1v) is 5.61. The van der Waals surface area contributed by atoms with Crippen LogP contribution in [-0.2, 0) is 6.54 Å². The SMILES string of the molecule is CNc1cc(C)ccc1C(=O)NCc1ncn[nH]1. The Morgan fingerprint density at radius 3 is 2.94 bits per heavy atom. The molecule has 6 nitrogen and oxygen atoms in total. The Morgan fingerprint density at radius 2 is 2.28 bits per heavy atom. The van der Waals surface area contributed by atoms with Crippen molar-refractivity contribution in [3.05, 3.63) is 41.5 Å². The number of anilines is 1. The second kappa shape index (κ2) is 5.31. The van der Waals surface area contributed by atoms with E-state index >= 15 is 0 Å². The fourth-order valence-corrected chi connectivity index (χ4v) is 1.64. The van der Waals surface area contributed by atoms with Crippen LogP contribution in [0.1, 0.15) is 21.7 Å². The maximum Gasteiger partial charge on any atom is 0.253 e. The van der Waals surface area contributed by atoms with E-state index in [2.05, 4.69) is 25.8 Å². The van der Waals surface area contributed by atoms with Crippen molar-refractivity contribution in [3.63, 3.8) is 0 Å². The van der Waals surface area contributed by atoms with E-state index in [1.807, 2.05) is 19.1 Å². The summed E-state index contributed by atoms with van der Waals surface area (Å²) in [7, 11) is 1.79. The molecule has 18 heavy (non-hydrogen) atoms. The molecule has 0 aliphatic heterocycles. The topological polar surface area (TPSA) is 82.7 Å². The zero-order valence-electron chi connectivity index (χ0n) is 10.3. The van der Waals surface area contributed by atoms with Crippen molar-refractivity contribution in [2.75, 3.05) is 12.4 Å². The van der Waals surface area contributed by atoms with E-state index in [0.717, 1.165) is 11.3 Å². The Kier molecular flexibility index (Phi) is 3.57. The van der Waals surface area contributed by atoms with Gasteiger partial charge in [-0.2, -0.15) is 5.10 Å². The van der Waals surface area contributed by atoms with Crippen molar-refractivity contribution in [3.8, 4) is 0 Å². The number of carbonyl (C=O) groups excluding carboxylic acids is 1. The van der Waals surface area contributed by atoms with Crippen LogP contribution in [0.5, 0.6) is 0 Å². The fourth-order valence-electron chi connectivity index (χ4n) is 1.64. The van der Waals surface area contributed by atoms with Crippen LogP contribution in [0, 0.1) is 6.92 Å². The molecule has 94 valence electrons. The summed E-state index contributed by atoms with van der Waals surface area (Å²) in [6.45, 7) is 2.31. The highest BCUT2D eigenvalue weighted by atomic mass is 16.1. The number of hydrogen-bond donors (Lipinski definition) is 3. The third-order valence-electron chi connectivity index (χ3n) is 2.57. The van der Waals surface area contributed by atoms with Gasteiger partial charge in [0.25, 0.3) is 5.91 Å². The van der Waals surface area contributed by atoms with E-state index in [1.54, 1.807) is 13.1 Å². The van der Waals surface area contributed by atoms with Gasteiger partial charge < -0.3 is 10.6 Å². The second-order valence-electron chi connectivity index (χ2n) is 3.91. The molecule has 1 amide bonds. The molecule has 0 bridgehead atoms. The lowest BCUT2D eigenvalue weighted by Crippen LogP contribution is -2.24. The van der Waals surface area contributed by atoms with Gasteiger partial charge in [-0.15, -0.1) is 0 Å². The number of aryl methyl sites for hydroxylation is 1. The molecular weight excluding hydrogens is 230 g/mol. The predicted octanol–water partition coefficient (Wildman–Crippen LogP) is 1.08. The number of carbonyl (C=O) groups is 1. The van der Waals surface area contributed by atoms with Crippen LogP contribution in [0.4, 0.5) is 5.69 Å². The van der Waals surface area contributed by atoms with Crippen LogP contribution in [0.3, 0.4) is 0 Å². The molecule has 1 heterocycles. The first-order valence-electron chi connectivity index (χ1n) is 5.61. The minimum atomic E-state index is -0.143. The van der Waals surface area contributed by atoms with Crippen molar-refractivity contribution in [1.29, 1.82) is 0 Å². The summed E-state index contributed by atoms with van der Waals surface area (Å²) in [4.78, 5) is 16.0. The first-order chi connectivity index (χ1) is 8.70. The Hall–Kier alpha value is -2.37. The number of aromatic nitrogens is 3. The summed E-state index contributed by atoms with van der Waals surface area (Å²) in [5.41, 5.74) is 2.53. The third-order valence-corrected chi connectivity index (χ3v) is 2.57. The second-order valence-corrected chi connectivity index (χ2v) is 3.91. The van der Waals surface area contributed by atoms with Gasteiger partial charge in [-0.3, -0.25) is 9.89 Å². The quantitative estimate of drug-likeness (QED) is 0.753. The van der Waals surface area contributed by atoms with Crippen LogP contribution in [0.15, 0.2) is 24.5 Å². The summed E-state index contributed by atoms with van der Waals surface area (Å²) in [6, 6.07) is 5.64. The molecule has 2 aromatic rings. The van der Waals surface area contributed by atoms with Gasteiger partial charge in [0.1, 0.15) is 12.2 Å². The number of aromatic amines is 1. The monoisotopic (exact) mass is 245 g/mol. The highest BCUT2D eigenvalue weighted by molar-refractivity contribution is 5.99. The smallest absolute Gasteiger partial charge is 0.253 e. The lowest BCUT2D eigenvalue weighted by molar-refractivity contribution is 0.0950. The van der Waals surface area contributed by atoms with Gasteiger partial charge in [-0.25, -0.2) is 4.98 Å². The molecule has 1 aromatic carbocycles. The molecule has 3 N–H and O–H groups in total. The Bertz CT molecular complexity index is 535. The van der Waals surface area contributed by atoms with E-state index in [9.17, 15) is 4.79 Å². The van der Waals surface area contributed by atoms with E-state index in [-0.39, 0.29) is 5.91 Å². The Balaban J connectivity index is 2.09. The maximum absolute atomic E-state index is 12.0. The number of H-pyrrole nitrogens is 1. The normalized spacial score (nSPS) is 10.1. The number of hydrogen-bond acceptors (Lipinski definition) is 4. The molecule has 0 aliphatic rings. The molecular formula is C12H15N5O. The zero-order chi connectivity index (χ0) is 13.0. The Morgan fingerprint density at radius 1 is 1.44 bits per heavy atom. The molecule has 0 spiro atoms. The predicted molar refractivity (Wildman–Crippen MR) is 68.3 cm³/mol. The van der Waals surface area contributed by atoms with Gasteiger partial charge in [0.2, 0.25) is 0 Å². The van der Waals surface area contributed by atoms with E-state index < -0.39 is 0 Å². The van der Waals surface area contributed by atoms with Gasteiger partial charge >= 0.3 is 0 Å². The standard InChI is InChI=1S/C12H15N5O/c1-8-3-4-9(10(5-8)13-2)12(18)14-6-11-15-7-16-17-11/h3-5,7,13H,6H2,1-2H3,(H,14,18)(H,15,16,17). The third kappa shape index (κ3) is 2.65. The van der Waals surface area contributed by atoms with Crippen molar-refractivity contribution >= 4 is 11.6 Å². The molecule has 2 rings (SSSR count). The van der Waals surface area contributed by atoms with Crippen molar-refractivity contribution in [2.24, 2.45) is 0 Å². The lowest BCUT2D eigenvalue weighted by Gasteiger charge is -2.09. The molecule has 0 saturated carbocycles. The minimum Gasteiger partial charge on any atom is -0.387 e. The number of rotatable bonds is 4. The van der Waals surface area contributed by atoms with Crippen molar-refractivity contribution in [2.45, 2.75) is 13.5 Å². The van der Waals surface area contributed by atoms with Crippen molar-refractivity contribution < 1.29 is 4.79 Å². The van der Waals surface area contributed by atoms with Gasteiger partial charge in [0.05, 0.1) is 12.1 Å². The van der Waals surface area contributed by atoms with Crippen LogP contribution in [0.25, 0.3) is 0 Å². The number of benzene rings is 1. The van der Waals surface area contributed by atoms with E-state index in [4.69, 9.17) is 0 Å². The van der Waals surface area contributed by atoms with Crippen LogP contribution >= 0.6 is 0 Å². The minimum absolute atomic E-state index is 0.143. The molecule has 0 atom stereocenters. The lowest BCUT2D eigenvalue weighted by atomic mass is 10.1.